The molecule has 0 amide bonds. The predicted octanol–water partition coefficient (Wildman–Crippen LogP) is 3.06. The topological polar surface area (TPSA) is 28.7 Å². The van der Waals surface area contributed by atoms with Gasteiger partial charge < -0.3 is 4.98 Å². The van der Waals surface area contributed by atoms with E-state index in [0.717, 1.165) is 5.52 Å². The van der Waals surface area contributed by atoms with E-state index in [0.29, 0.717) is 5.92 Å². The van der Waals surface area contributed by atoms with Crippen molar-refractivity contribution in [2.24, 2.45) is 0 Å². The Hall–Kier alpha value is -1.31. The molecule has 1 aliphatic rings. The Morgan fingerprint density at radius 1 is 1.21 bits per heavy atom. The van der Waals surface area contributed by atoms with Gasteiger partial charge in [0.1, 0.15) is 5.82 Å². The molecule has 0 aliphatic heterocycles. The van der Waals surface area contributed by atoms with Gasteiger partial charge in [-0.1, -0.05) is 0 Å². The van der Waals surface area contributed by atoms with Crippen LogP contribution in [0.4, 0.5) is 0 Å². The lowest BCUT2D eigenvalue weighted by Gasteiger charge is -1.97. The molecule has 1 fully saturated rings. The molecular weight excluding hydrogens is 172 g/mol. The molecule has 2 aromatic rings. The number of hydrogen-bond acceptors (Lipinski definition) is 1. The van der Waals surface area contributed by atoms with Crippen LogP contribution in [-0.2, 0) is 0 Å². The van der Waals surface area contributed by atoms with Crippen molar-refractivity contribution in [2.45, 2.75) is 32.6 Å². The van der Waals surface area contributed by atoms with Gasteiger partial charge in [-0.2, -0.15) is 0 Å². The molecule has 0 bridgehead atoms. The number of fused-ring (bicyclic) bond motifs is 1. The highest BCUT2D eigenvalue weighted by atomic mass is 14.9. The summed E-state index contributed by atoms with van der Waals surface area (Å²) in [5.74, 6) is 1.90. The van der Waals surface area contributed by atoms with E-state index in [4.69, 9.17) is 0 Å². The van der Waals surface area contributed by atoms with E-state index < -0.39 is 0 Å². The summed E-state index contributed by atoms with van der Waals surface area (Å²) in [4.78, 5) is 8.04. The maximum atomic E-state index is 4.62. The van der Waals surface area contributed by atoms with E-state index in [1.54, 1.807) is 0 Å². The molecule has 72 valence electrons. The molecule has 1 aromatic carbocycles. The van der Waals surface area contributed by atoms with Crippen LogP contribution in [0.1, 0.15) is 35.7 Å². The quantitative estimate of drug-likeness (QED) is 0.728. The summed E-state index contributed by atoms with van der Waals surface area (Å²) in [6, 6.07) is 4.37. The minimum Gasteiger partial charge on any atom is -0.342 e. The third-order valence-corrected chi connectivity index (χ3v) is 3.08. The second-order valence-electron chi connectivity index (χ2n) is 4.35. The van der Waals surface area contributed by atoms with Crippen LogP contribution in [0.3, 0.4) is 0 Å². The maximum absolute atomic E-state index is 4.62. The van der Waals surface area contributed by atoms with E-state index >= 15 is 0 Å². The van der Waals surface area contributed by atoms with Gasteiger partial charge in [0.25, 0.3) is 0 Å². The lowest BCUT2D eigenvalue weighted by atomic mass is 10.1. The first-order valence-corrected chi connectivity index (χ1v) is 5.21. The molecule has 2 heteroatoms. The molecule has 0 spiro atoms. The van der Waals surface area contributed by atoms with Crippen molar-refractivity contribution in [1.82, 2.24) is 9.97 Å². The Labute approximate surface area is 83.4 Å². The second kappa shape index (κ2) is 2.59. The van der Waals surface area contributed by atoms with Crippen LogP contribution in [-0.4, -0.2) is 9.97 Å². The highest BCUT2D eigenvalue weighted by Crippen LogP contribution is 2.39. The third kappa shape index (κ3) is 1.14. The molecule has 14 heavy (non-hydrogen) atoms. The summed E-state index contributed by atoms with van der Waals surface area (Å²) in [7, 11) is 0. The largest absolute Gasteiger partial charge is 0.342 e. The van der Waals surface area contributed by atoms with Gasteiger partial charge in [0.05, 0.1) is 11.0 Å². The van der Waals surface area contributed by atoms with E-state index in [2.05, 4.69) is 35.9 Å². The third-order valence-electron chi connectivity index (χ3n) is 3.08. The first kappa shape index (κ1) is 8.04. The number of nitrogens with one attached hydrogen (secondary N) is 1. The summed E-state index contributed by atoms with van der Waals surface area (Å²) >= 11 is 0. The van der Waals surface area contributed by atoms with Crippen LogP contribution in [0, 0.1) is 13.8 Å². The number of hydrogen-bond donors (Lipinski definition) is 1. The van der Waals surface area contributed by atoms with Crippen molar-refractivity contribution >= 4 is 11.0 Å². The zero-order chi connectivity index (χ0) is 9.71. The fraction of sp³-hybridized carbons (Fsp3) is 0.417. The van der Waals surface area contributed by atoms with Gasteiger partial charge in [0, 0.05) is 5.92 Å². The Morgan fingerprint density at radius 3 is 2.64 bits per heavy atom. The van der Waals surface area contributed by atoms with E-state index in [1.165, 1.54) is 35.3 Å². The van der Waals surface area contributed by atoms with Gasteiger partial charge in [-0.15, -0.1) is 0 Å². The van der Waals surface area contributed by atoms with Crippen molar-refractivity contribution in [3.8, 4) is 0 Å². The van der Waals surface area contributed by atoms with Crippen LogP contribution >= 0.6 is 0 Å². The molecule has 1 heterocycles. The Morgan fingerprint density at radius 2 is 1.93 bits per heavy atom. The summed E-state index contributed by atoms with van der Waals surface area (Å²) < 4.78 is 0. The van der Waals surface area contributed by atoms with Crippen LogP contribution in [0.15, 0.2) is 12.1 Å². The fourth-order valence-electron chi connectivity index (χ4n) is 1.84. The zero-order valence-corrected chi connectivity index (χ0v) is 8.59. The fourth-order valence-corrected chi connectivity index (χ4v) is 1.84. The molecule has 1 N–H and O–H groups in total. The van der Waals surface area contributed by atoms with Gasteiger partial charge in [-0.05, 0) is 49.9 Å². The molecule has 0 unspecified atom stereocenters. The minimum atomic E-state index is 0.711. The number of aryl methyl sites for hydroxylation is 2. The Balaban J connectivity index is 2.22. The minimum absolute atomic E-state index is 0.711. The van der Waals surface area contributed by atoms with Crippen molar-refractivity contribution < 1.29 is 0 Å². The number of nitrogens with zero attached hydrogens (tertiary/aromatic N) is 1. The SMILES string of the molecule is Cc1cc2nc(C3CC3)[nH]c2cc1C. The van der Waals surface area contributed by atoms with Crippen LogP contribution in [0.2, 0.25) is 0 Å². The smallest absolute Gasteiger partial charge is 0.110 e. The standard InChI is InChI=1S/C12H14N2/c1-7-5-10-11(6-8(7)2)14-12(13-10)9-3-4-9/h5-6,9H,3-4H2,1-2H3,(H,13,14). The number of benzene rings is 1. The first-order valence-electron chi connectivity index (χ1n) is 5.21. The highest BCUT2D eigenvalue weighted by Gasteiger charge is 2.26. The van der Waals surface area contributed by atoms with Gasteiger partial charge >= 0.3 is 0 Å². The molecular formula is C12H14N2. The van der Waals surface area contributed by atoms with Crippen LogP contribution in [0.25, 0.3) is 11.0 Å². The summed E-state index contributed by atoms with van der Waals surface area (Å²) in [6.45, 7) is 4.28. The molecule has 1 aromatic heterocycles. The Kier molecular flexibility index (Phi) is 1.49. The van der Waals surface area contributed by atoms with Gasteiger partial charge in [-0.25, -0.2) is 4.98 Å². The van der Waals surface area contributed by atoms with E-state index in [9.17, 15) is 0 Å². The lowest BCUT2D eigenvalue weighted by molar-refractivity contribution is 0.986. The van der Waals surface area contributed by atoms with Crippen molar-refractivity contribution in [1.29, 1.82) is 0 Å². The van der Waals surface area contributed by atoms with E-state index in [1.807, 2.05) is 0 Å². The number of aromatic amines is 1. The highest BCUT2D eigenvalue weighted by molar-refractivity contribution is 5.77. The summed E-state index contributed by atoms with van der Waals surface area (Å²) in [5, 5.41) is 0. The molecule has 2 nitrogen and oxygen atoms in total. The normalized spacial score (nSPS) is 16.4. The number of rotatable bonds is 1. The van der Waals surface area contributed by atoms with Crippen molar-refractivity contribution in [3.05, 3.63) is 29.1 Å². The predicted molar refractivity (Wildman–Crippen MR) is 57.5 cm³/mol. The summed E-state index contributed by atoms with van der Waals surface area (Å²) in [6.07, 6.45) is 2.61. The summed E-state index contributed by atoms with van der Waals surface area (Å²) in [5.41, 5.74) is 4.97. The number of H-pyrrole nitrogens is 1. The lowest BCUT2D eigenvalue weighted by Crippen LogP contribution is -1.79. The Bertz CT molecular complexity index is 453. The van der Waals surface area contributed by atoms with Crippen LogP contribution in [0.5, 0.6) is 0 Å². The van der Waals surface area contributed by atoms with Crippen molar-refractivity contribution in [3.63, 3.8) is 0 Å². The monoisotopic (exact) mass is 186 g/mol. The number of imidazole rings is 1. The average molecular weight is 186 g/mol. The van der Waals surface area contributed by atoms with Gasteiger partial charge in [-0.3, -0.25) is 0 Å². The molecule has 3 rings (SSSR count). The molecule has 1 aliphatic carbocycles. The maximum Gasteiger partial charge on any atom is 0.110 e. The molecule has 0 radical (unpaired) electrons. The van der Waals surface area contributed by atoms with E-state index in [-0.39, 0.29) is 0 Å². The van der Waals surface area contributed by atoms with Gasteiger partial charge in [0.2, 0.25) is 0 Å². The molecule has 0 atom stereocenters. The average Bonchev–Trinajstić information content (AvgIpc) is 2.90. The first-order chi connectivity index (χ1) is 6.74. The molecule has 1 saturated carbocycles. The zero-order valence-electron chi connectivity index (χ0n) is 8.59. The second-order valence-corrected chi connectivity index (χ2v) is 4.35. The number of aromatic nitrogens is 2. The van der Waals surface area contributed by atoms with Gasteiger partial charge in [0.15, 0.2) is 0 Å². The molecule has 0 saturated heterocycles. The van der Waals surface area contributed by atoms with Crippen LogP contribution < -0.4 is 0 Å². The van der Waals surface area contributed by atoms with Crippen molar-refractivity contribution in [2.75, 3.05) is 0 Å².